The average molecular weight is 287 g/mol. The summed E-state index contributed by atoms with van der Waals surface area (Å²) in [7, 11) is -3.60. The van der Waals surface area contributed by atoms with Crippen molar-refractivity contribution >= 4 is 16.0 Å². The monoisotopic (exact) mass is 287 g/mol. The number of nitrogens with one attached hydrogen (secondary N) is 1. The smallest absolute Gasteiger partial charge is 0.306 e. The minimum absolute atomic E-state index is 0.160. The van der Waals surface area contributed by atoms with Crippen LogP contribution < -0.4 is 0 Å². The molecule has 1 saturated heterocycles. The van der Waals surface area contributed by atoms with Crippen LogP contribution in [-0.4, -0.2) is 46.6 Å². The summed E-state index contributed by atoms with van der Waals surface area (Å²) in [6.07, 6.45) is 1.97. The minimum Gasteiger partial charge on any atom is -0.481 e. The highest BCUT2D eigenvalue weighted by molar-refractivity contribution is 7.89. The molecule has 19 heavy (non-hydrogen) atoms. The summed E-state index contributed by atoms with van der Waals surface area (Å²) in [5, 5.41) is 15.3. The standard InChI is InChI=1S/C11H17N3O4S/c1-7-5-9(11(15)16)3-4-14(7)19(17,18)10-6-12-13-8(10)2/h6-7,9H,3-5H2,1-2H3,(H,12,13)(H,15,16). The van der Waals surface area contributed by atoms with Gasteiger partial charge in [-0.2, -0.15) is 9.40 Å². The Morgan fingerprint density at radius 1 is 1.58 bits per heavy atom. The molecule has 2 atom stereocenters. The first-order valence-corrected chi connectivity index (χ1v) is 7.52. The summed E-state index contributed by atoms with van der Waals surface area (Å²) in [5.74, 6) is -1.32. The average Bonchev–Trinajstić information content (AvgIpc) is 2.75. The summed E-state index contributed by atoms with van der Waals surface area (Å²) < 4.78 is 26.3. The summed E-state index contributed by atoms with van der Waals surface area (Å²) in [6, 6.07) is -0.325. The van der Waals surface area contributed by atoms with Crippen LogP contribution in [0.4, 0.5) is 0 Å². The van der Waals surface area contributed by atoms with E-state index in [1.54, 1.807) is 13.8 Å². The molecule has 106 valence electrons. The van der Waals surface area contributed by atoms with Crippen LogP contribution in [0.3, 0.4) is 0 Å². The van der Waals surface area contributed by atoms with Gasteiger partial charge in [0.15, 0.2) is 0 Å². The zero-order chi connectivity index (χ0) is 14.2. The van der Waals surface area contributed by atoms with Gasteiger partial charge in [0.1, 0.15) is 4.90 Å². The van der Waals surface area contributed by atoms with Crippen molar-refractivity contribution < 1.29 is 18.3 Å². The van der Waals surface area contributed by atoms with Crippen LogP contribution in [0.1, 0.15) is 25.5 Å². The number of carboxylic acid groups (broad SMARTS) is 1. The first-order valence-electron chi connectivity index (χ1n) is 6.08. The molecule has 0 aromatic carbocycles. The molecule has 7 nitrogen and oxygen atoms in total. The van der Waals surface area contributed by atoms with E-state index < -0.39 is 21.9 Å². The number of carbonyl (C=O) groups is 1. The Bertz CT molecular complexity index is 581. The lowest BCUT2D eigenvalue weighted by Gasteiger charge is -2.34. The van der Waals surface area contributed by atoms with Gasteiger partial charge < -0.3 is 5.11 Å². The molecule has 0 bridgehead atoms. The number of aromatic amines is 1. The van der Waals surface area contributed by atoms with Crippen molar-refractivity contribution in [2.75, 3.05) is 6.54 Å². The van der Waals surface area contributed by atoms with Gasteiger partial charge in [0.05, 0.1) is 17.8 Å². The fourth-order valence-electron chi connectivity index (χ4n) is 2.46. The third kappa shape index (κ3) is 2.50. The molecule has 2 heterocycles. The molecule has 1 fully saturated rings. The third-order valence-electron chi connectivity index (χ3n) is 3.53. The van der Waals surface area contributed by atoms with Gasteiger partial charge in [0.25, 0.3) is 0 Å². The number of nitrogens with zero attached hydrogens (tertiary/aromatic N) is 2. The predicted molar refractivity (Wildman–Crippen MR) is 67.0 cm³/mol. The summed E-state index contributed by atoms with van der Waals surface area (Å²) in [6.45, 7) is 3.61. The third-order valence-corrected chi connectivity index (χ3v) is 5.66. The number of aromatic nitrogens is 2. The van der Waals surface area contributed by atoms with Crippen molar-refractivity contribution in [2.45, 2.75) is 37.6 Å². The van der Waals surface area contributed by atoms with Crippen molar-refractivity contribution in [1.29, 1.82) is 0 Å². The van der Waals surface area contributed by atoms with E-state index in [1.165, 1.54) is 10.5 Å². The molecule has 1 aliphatic heterocycles. The van der Waals surface area contributed by atoms with Crippen LogP contribution in [0.2, 0.25) is 0 Å². The van der Waals surface area contributed by atoms with E-state index in [-0.39, 0.29) is 17.5 Å². The van der Waals surface area contributed by atoms with E-state index in [2.05, 4.69) is 10.2 Å². The van der Waals surface area contributed by atoms with Crippen molar-refractivity contribution in [3.63, 3.8) is 0 Å². The van der Waals surface area contributed by atoms with Crippen LogP contribution in [0.25, 0.3) is 0 Å². The zero-order valence-electron chi connectivity index (χ0n) is 10.8. The highest BCUT2D eigenvalue weighted by atomic mass is 32.2. The Labute approximate surface area is 111 Å². The molecule has 2 N–H and O–H groups in total. The molecular formula is C11H17N3O4S. The van der Waals surface area contributed by atoms with Gasteiger partial charge >= 0.3 is 5.97 Å². The Balaban J connectivity index is 2.24. The second kappa shape index (κ2) is 4.93. The van der Waals surface area contributed by atoms with Gasteiger partial charge in [0.2, 0.25) is 10.0 Å². The van der Waals surface area contributed by atoms with Gasteiger partial charge in [-0.25, -0.2) is 8.42 Å². The number of hydrogen-bond donors (Lipinski definition) is 2. The molecule has 2 rings (SSSR count). The number of rotatable bonds is 3. The lowest BCUT2D eigenvalue weighted by molar-refractivity contribution is -0.143. The molecule has 0 aliphatic carbocycles. The molecule has 1 aromatic rings. The van der Waals surface area contributed by atoms with Crippen molar-refractivity contribution in [1.82, 2.24) is 14.5 Å². The topological polar surface area (TPSA) is 103 Å². The van der Waals surface area contributed by atoms with E-state index >= 15 is 0 Å². The van der Waals surface area contributed by atoms with E-state index in [0.717, 1.165) is 0 Å². The largest absolute Gasteiger partial charge is 0.481 e. The molecule has 2 unspecified atom stereocenters. The van der Waals surface area contributed by atoms with Crippen LogP contribution >= 0.6 is 0 Å². The normalized spacial score (nSPS) is 25.4. The van der Waals surface area contributed by atoms with Crippen LogP contribution in [-0.2, 0) is 14.8 Å². The zero-order valence-corrected chi connectivity index (χ0v) is 11.6. The number of hydrogen-bond acceptors (Lipinski definition) is 4. The van der Waals surface area contributed by atoms with Gasteiger partial charge in [-0.1, -0.05) is 0 Å². The van der Waals surface area contributed by atoms with Crippen molar-refractivity contribution in [3.05, 3.63) is 11.9 Å². The number of piperidine rings is 1. The first kappa shape index (κ1) is 14.0. The van der Waals surface area contributed by atoms with E-state index in [1.807, 2.05) is 0 Å². The highest BCUT2D eigenvalue weighted by Gasteiger charge is 2.37. The molecule has 0 amide bonds. The van der Waals surface area contributed by atoms with Crippen LogP contribution in [0, 0.1) is 12.8 Å². The fourth-order valence-corrected chi connectivity index (χ4v) is 4.23. The Morgan fingerprint density at radius 2 is 2.26 bits per heavy atom. The molecule has 8 heteroatoms. The van der Waals surface area contributed by atoms with Gasteiger partial charge in [0, 0.05) is 12.6 Å². The summed E-state index contributed by atoms with van der Waals surface area (Å²) >= 11 is 0. The lowest BCUT2D eigenvalue weighted by Crippen LogP contribution is -2.46. The number of aryl methyl sites for hydroxylation is 1. The SMILES string of the molecule is Cc1[nH]ncc1S(=O)(=O)N1CCC(C(=O)O)CC1C. The Kier molecular flexibility index (Phi) is 3.64. The van der Waals surface area contributed by atoms with E-state index in [9.17, 15) is 13.2 Å². The Hall–Kier alpha value is -1.41. The summed E-state index contributed by atoms with van der Waals surface area (Å²) in [5.41, 5.74) is 0.493. The molecule has 0 saturated carbocycles. The van der Waals surface area contributed by atoms with Gasteiger partial charge in [-0.15, -0.1) is 0 Å². The van der Waals surface area contributed by atoms with Gasteiger partial charge in [-0.3, -0.25) is 9.89 Å². The molecule has 0 spiro atoms. The maximum Gasteiger partial charge on any atom is 0.306 e. The van der Waals surface area contributed by atoms with Crippen molar-refractivity contribution in [3.8, 4) is 0 Å². The quantitative estimate of drug-likeness (QED) is 0.847. The Morgan fingerprint density at radius 3 is 2.74 bits per heavy atom. The second-order valence-corrected chi connectivity index (χ2v) is 6.74. The highest BCUT2D eigenvalue weighted by Crippen LogP contribution is 2.29. The van der Waals surface area contributed by atoms with Crippen LogP contribution in [0.5, 0.6) is 0 Å². The molecular weight excluding hydrogens is 270 g/mol. The number of sulfonamides is 1. The fraction of sp³-hybridized carbons (Fsp3) is 0.636. The molecule has 1 aliphatic rings. The van der Waals surface area contributed by atoms with Crippen molar-refractivity contribution in [2.24, 2.45) is 5.92 Å². The number of H-pyrrole nitrogens is 1. The van der Waals surface area contributed by atoms with Crippen LogP contribution in [0.15, 0.2) is 11.1 Å². The second-order valence-electron chi connectivity index (χ2n) is 4.88. The summed E-state index contributed by atoms with van der Waals surface area (Å²) in [4.78, 5) is 11.1. The maximum atomic E-state index is 12.5. The lowest BCUT2D eigenvalue weighted by atomic mass is 9.93. The first-order chi connectivity index (χ1) is 8.84. The van der Waals surface area contributed by atoms with E-state index in [0.29, 0.717) is 18.5 Å². The molecule has 0 radical (unpaired) electrons. The van der Waals surface area contributed by atoms with E-state index in [4.69, 9.17) is 5.11 Å². The number of aliphatic carboxylic acids is 1. The van der Waals surface area contributed by atoms with Gasteiger partial charge in [-0.05, 0) is 26.7 Å². The molecule has 1 aromatic heterocycles. The maximum absolute atomic E-state index is 12.5. The predicted octanol–water partition coefficient (Wildman–Crippen LogP) is 0.592. The number of carboxylic acids is 1. The minimum atomic E-state index is -3.60.